The highest BCUT2D eigenvalue weighted by Gasteiger charge is 2.65. The van der Waals surface area contributed by atoms with Crippen LogP contribution >= 0.6 is 0 Å². The van der Waals surface area contributed by atoms with E-state index in [1.807, 2.05) is 41.3 Å². The molecule has 14 heteroatoms. The van der Waals surface area contributed by atoms with E-state index in [9.17, 15) is 25.1 Å². The van der Waals surface area contributed by atoms with Gasteiger partial charge in [-0.2, -0.15) is 0 Å². The molecule has 2 fully saturated rings. The van der Waals surface area contributed by atoms with E-state index in [0.29, 0.717) is 65.0 Å². The summed E-state index contributed by atoms with van der Waals surface area (Å²) in [7, 11) is 1.51. The van der Waals surface area contributed by atoms with Gasteiger partial charge >= 0.3 is 0 Å². The van der Waals surface area contributed by atoms with Crippen molar-refractivity contribution in [3.05, 3.63) is 160 Å². The second-order valence-corrected chi connectivity index (χ2v) is 20.4. The van der Waals surface area contributed by atoms with Crippen LogP contribution in [0.5, 0.6) is 23.0 Å². The van der Waals surface area contributed by atoms with Crippen LogP contribution in [-0.4, -0.2) is 76.7 Å². The number of aldehydes is 1. The normalized spacial score (nSPS) is 22.4. The molecule has 1 heterocycles. The molecular weight excluding hydrogens is 951 g/mol. The van der Waals surface area contributed by atoms with Crippen LogP contribution < -0.4 is 14.2 Å². The molecule has 5 aromatic carbocycles. The summed E-state index contributed by atoms with van der Waals surface area (Å²) in [6.07, 6.45) is 14.9. The average molecular weight is 1020 g/mol. The maximum Gasteiger partial charge on any atom is 0.269 e. The number of nitro benzene ring substituents is 1. The van der Waals surface area contributed by atoms with Crippen LogP contribution in [0.4, 0.5) is 5.69 Å². The number of aliphatic hydroxyl groups excluding tert-OH is 2. The molecule has 6 atom stereocenters. The SMILES string of the molecule is C=CCOC12Oc3ccc(Oc4ccc(OC)c(C=O)c4)cc3C3C(CCCCO)C(CCCCO)C=C(C(=NOCc4ccc([N+](=O)[O-])cc4)CC1N(Cc1cccc4ccccc14)C(=O)CCC1CCCC1)C32. The first-order valence-corrected chi connectivity index (χ1v) is 26.7. The van der Waals surface area contributed by atoms with Crippen LogP contribution in [0.1, 0.15) is 116 Å². The Balaban J connectivity index is 1.24. The molecular formula is C61H69N3O11. The van der Waals surface area contributed by atoms with Crippen LogP contribution in [0.25, 0.3) is 10.8 Å². The second-order valence-electron chi connectivity index (χ2n) is 20.4. The van der Waals surface area contributed by atoms with Crippen LogP contribution in [-0.2, 0) is 27.5 Å². The van der Waals surface area contributed by atoms with E-state index < -0.39 is 22.7 Å². The summed E-state index contributed by atoms with van der Waals surface area (Å²) in [4.78, 5) is 47.1. The van der Waals surface area contributed by atoms with Crippen molar-refractivity contribution < 1.29 is 48.5 Å². The summed E-state index contributed by atoms with van der Waals surface area (Å²) < 4.78 is 26.9. The molecule has 1 aliphatic heterocycles. The van der Waals surface area contributed by atoms with Gasteiger partial charge in [-0.05, 0) is 126 Å². The maximum absolute atomic E-state index is 15.6. The number of carbonyl (C=O) groups is 2. The maximum atomic E-state index is 15.6. The predicted molar refractivity (Wildman–Crippen MR) is 287 cm³/mol. The zero-order valence-corrected chi connectivity index (χ0v) is 42.9. The van der Waals surface area contributed by atoms with Gasteiger partial charge in [0, 0.05) is 56.2 Å². The van der Waals surface area contributed by atoms with Gasteiger partial charge < -0.3 is 38.9 Å². The highest BCUT2D eigenvalue weighted by atomic mass is 16.7. The molecule has 14 nitrogen and oxygen atoms in total. The number of benzene rings is 5. The zero-order valence-electron chi connectivity index (χ0n) is 42.9. The number of carbonyl (C=O) groups excluding carboxylic acids is 2. The topological polar surface area (TPSA) is 179 Å². The first-order chi connectivity index (χ1) is 36.7. The number of amides is 1. The van der Waals surface area contributed by atoms with E-state index >= 15 is 4.79 Å². The Morgan fingerprint density at radius 1 is 0.920 bits per heavy atom. The second kappa shape index (κ2) is 24.7. The molecule has 0 bridgehead atoms. The number of allylic oxidation sites excluding steroid dienone is 1. The fraction of sp³-hybridized carbons (Fsp3) is 0.426. The third-order valence-electron chi connectivity index (χ3n) is 15.9. The van der Waals surface area contributed by atoms with Gasteiger partial charge in [-0.25, -0.2) is 0 Å². The van der Waals surface area contributed by atoms with Crippen molar-refractivity contribution in [3.63, 3.8) is 0 Å². The molecule has 2 saturated carbocycles. The third kappa shape index (κ3) is 11.7. The molecule has 1 amide bonds. The number of ether oxygens (including phenoxy) is 4. The van der Waals surface area contributed by atoms with E-state index in [2.05, 4.69) is 36.9 Å². The minimum absolute atomic E-state index is 0.0129. The Labute approximate surface area is 439 Å². The Hall–Kier alpha value is -6.87. The van der Waals surface area contributed by atoms with Crippen LogP contribution in [0.2, 0.25) is 0 Å². The van der Waals surface area contributed by atoms with Gasteiger partial charge in [0.1, 0.15) is 35.6 Å². The van der Waals surface area contributed by atoms with Gasteiger partial charge in [-0.15, -0.1) is 6.58 Å². The standard InChI is InChI=1S/C61H69N3O11/c1-3-33-72-61-57(63(58(68)30-23-41-13-4-5-14-41)38-45-18-12-17-43-15-6-7-19-50(43)45)37-54(62-73-40-42-21-24-47(25-22-42)64(69)70)52-35-44(16-8-10-31-65)51(20-9-11-32-66)59(60(52)61)53-36-49(27-29-56(53)75-61)74-48-26-28-55(71-2)46(34-48)39-67/h3,6-7,12,15,17-19,21-22,24-29,34-36,39,41,44,51,57,59-60,65-66H,1,4-5,8-11,13-14,16,20,23,30-33,37-38,40H2,2H3. The molecule has 3 aliphatic carbocycles. The molecule has 394 valence electrons. The molecule has 0 radical (unpaired) electrons. The van der Waals surface area contributed by atoms with Crippen LogP contribution in [0, 0.1) is 33.8 Å². The molecule has 0 spiro atoms. The largest absolute Gasteiger partial charge is 0.496 e. The lowest BCUT2D eigenvalue weighted by Gasteiger charge is -2.60. The number of unbranched alkanes of at least 4 members (excludes halogenated alkanes) is 2. The van der Waals surface area contributed by atoms with Gasteiger partial charge in [0.15, 0.2) is 6.29 Å². The number of hydrogen-bond donors (Lipinski definition) is 2. The number of aliphatic hydroxyl groups is 2. The lowest BCUT2D eigenvalue weighted by atomic mass is 9.55. The smallest absolute Gasteiger partial charge is 0.269 e. The van der Waals surface area contributed by atoms with E-state index in [1.54, 1.807) is 36.4 Å². The van der Waals surface area contributed by atoms with Crippen molar-refractivity contribution in [1.29, 1.82) is 0 Å². The lowest BCUT2D eigenvalue weighted by molar-refractivity contribution is -0.384. The van der Waals surface area contributed by atoms with Crippen molar-refractivity contribution in [1.82, 2.24) is 4.90 Å². The highest BCUT2D eigenvalue weighted by molar-refractivity contribution is 6.03. The lowest BCUT2D eigenvalue weighted by Crippen LogP contribution is -2.70. The Bertz CT molecular complexity index is 2870. The summed E-state index contributed by atoms with van der Waals surface area (Å²) in [6, 6.07) is 30.8. The number of non-ortho nitro benzene ring substituents is 1. The van der Waals surface area contributed by atoms with Crippen molar-refractivity contribution in [3.8, 4) is 23.0 Å². The zero-order chi connectivity index (χ0) is 52.3. The quantitative estimate of drug-likeness (QED) is 0.0187. The van der Waals surface area contributed by atoms with E-state index in [4.69, 9.17) is 28.9 Å². The number of rotatable bonds is 25. The molecule has 5 aromatic rings. The fourth-order valence-corrected chi connectivity index (χ4v) is 12.4. The molecule has 9 rings (SSSR count). The monoisotopic (exact) mass is 1020 g/mol. The van der Waals surface area contributed by atoms with Crippen LogP contribution in [0.15, 0.2) is 133 Å². The Morgan fingerprint density at radius 2 is 1.67 bits per heavy atom. The summed E-state index contributed by atoms with van der Waals surface area (Å²) in [5, 5.41) is 38.9. The van der Waals surface area contributed by atoms with Gasteiger partial charge in [-0.3, -0.25) is 19.7 Å². The van der Waals surface area contributed by atoms with Gasteiger partial charge in [0.25, 0.3) is 5.69 Å². The van der Waals surface area contributed by atoms with E-state index in [0.717, 1.165) is 91.5 Å². The highest BCUT2D eigenvalue weighted by Crippen LogP contribution is 2.62. The third-order valence-corrected chi connectivity index (χ3v) is 15.9. The molecule has 75 heavy (non-hydrogen) atoms. The minimum Gasteiger partial charge on any atom is -0.496 e. The number of fused-ring (bicyclic) bond motifs is 3. The minimum atomic E-state index is -1.49. The average Bonchev–Trinajstić information content (AvgIpc) is 3.97. The Kier molecular flexibility index (Phi) is 17.4. The van der Waals surface area contributed by atoms with Crippen molar-refractivity contribution in [2.75, 3.05) is 26.9 Å². The molecule has 0 saturated heterocycles. The molecule has 4 aliphatic rings. The van der Waals surface area contributed by atoms with E-state index in [1.165, 1.54) is 19.2 Å². The summed E-state index contributed by atoms with van der Waals surface area (Å²) in [5.41, 5.74) is 4.39. The van der Waals surface area contributed by atoms with E-state index in [-0.39, 0.29) is 68.7 Å². The van der Waals surface area contributed by atoms with Crippen molar-refractivity contribution >= 4 is 34.4 Å². The van der Waals surface area contributed by atoms with Gasteiger partial charge in [-0.1, -0.05) is 98.3 Å². The van der Waals surface area contributed by atoms with Gasteiger partial charge in [0.2, 0.25) is 11.7 Å². The first kappa shape index (κ1) is 53.0. The number of hydrogen-bond acceptors (Lipinski definition) is 12. The molecule has 2 N–H and O–H groups in total. The summed E-state index contributed by atoms with van der Waals surface area (Å²) in [5.74, 6) is -0.0187. The Morgan fingerprint density at radius 3 is 2.41 bits per heavy atom. The molecule has 0 aromatic heterocycles. The van der Waals surface area contributed by atoms with Crippen molar-refractivity contribution in [2.45, 2.75) is 114 Å². The van der Waals surface area contributed by atoms with Gasteiger partial charge in [0.05, 0.1) is 35.8 Å². The first-order valence-electron chi connectivity index (χ1n) is 26.7. The van der Waals surface area contributed by atoms with Crippen LogP contribution in [0.3, 0.4) is 0 Å². The van der Waals surface area contributed by atoms with Crippen molar-refractivity contribution in [2.24, 2.45) is 28.8 Å². The number of methoxy groups -OCH3 is 1. The fourth-order valence-electron chi connectivity index (χ4n) is 12.4. The predicted octanol–water partition coefficient (Wildman–Crippen LogP) is 12.2. The number of nitrogens with zero attached hydrogens (tertiary/aromatic N) is 3. The number of oxime groups is 1. The molecule has 6 unspecified atom stereocenters. The number of nitro groups is 1. The summed E-state index contributed by atoms with van der Waals surface area (Å²) in [6.45, 7) is 4.63. The summed E-state index contributed by atoms with van der Waals surface area (Å²) >= 11 is 0.